The van der Waals surface area contributed by atoms with Crippen LogP contribution < -0.4 is 5.19 Å². The van der Waals surface area contributed by atoms with E-state index in [1.165, 1.54) is 22.3 Å². The molecule has 38 heavy (non-hydrogen) atoms. The van der Waals surface area contributed by atoms with Crippen LogP contribution in [0.3, 0.4) is 0 Å². The molecule has 2 aliphatic rings. The second-order valence-electron chi connectivity index (χ2n) is 11.5. The summed E-state index contributed by atoms with van der Waals surface area (Å²) in [4.78, 5) is 10.2. The van der Waals surface area contributed by atoms with Crippen LogP contribution in [-0.2, 0) is 5.41 Å². The summed E-state index contributed by atoms with van der Waals surface area (Å²) in [6.07, 6.45) is 0. The Kier molecular flexibility index (Phi) is 4.98. The minimum absolute atomic E-state index is 0.0258. The summed E-state index contributed by atoms with van der Waals surface area (Å²) >= 11 is 0. The molecule has 2 nitrogen and oxygen atoms in total. The van der Waals surface area contributed by atoms with Crippen LogP contribution in [0.5, 0.6) is 0 Å². The highest BCUT2D eigenvalue weighted by Crippen LogP contribution is 2.57. The number of hydrogen-bond donors (Lipinski definition) is 0. The van der Waals surface area contributed by atoms with Crippen molar-refractivity contribution in [1.82, 2.24) is 9.97 Å². The van der Waals surface area contributed by atoms with Gasteiger partial charge in [0, 0.05) is 22.1 Å². The molecule has 2 heterocycles. The van der Waals surface area contributed by atoms with Gasteiger partial charge in [0.2, 0.25) is 0 Å². The molecule has 0 amide bonds. The SMILES string of the molecule is CC1(C)C2=C(c3cc(-c4nc(-c5ccccc5)cc(-c5ccccc5)n4)ccc31)[Si](C)(C)c1ccccc12. The quantitative estimate of drug-likeness (QED) is 0.231. The molecule has 0 fully saturated rings. The van der Waals surface area contributed by atoms with Gasteiger partial charge in [0.25, 0.3) is 0 Å². The highest BCUT2D eigenvalue weighted by Gasteiger charge is 2.50. The highest BCUT2D eigenvalue weighted by molar-refractivity contribution is 7.08. The minimum atomic E-state index is -1.84. The molecule has 0 bridgehead atoms. The zero-order valence-corrected chi connectivity index (χ0v) is 23.3. The molecule has 5 aromatic rings. The molecule has 1 aliphatic carbocycles. The van der Waals surface area contributed by atoms with Crippen molar-refractivity contribution in [3.63, 3.8) is 0 Å². The summed E-state index contributed by atoms with van der Waals surface area (Å²) in [6.45, 7) is 9.79. The molecule has 0 spiro atoms. The van der Waals surface area contributed by atoms with Crippen LogP contribution in [0.15, 0.2) is 109 Å². The predicted octanol–water partition coefficient (Wildman–Crippen LogP) is 8.15. The maximum Gasteiger partial charge on any atom is 0.160 e. The largest absolute Gasteiger partial charge is 0.228 e. The average Bonchev–Trinajstić information content (AvgIpc) is 3.35. The lowest BCUT2D eigenvalue weighted by atomic mass is 9.78. The molecule has 0 saturated carbocycles. The summed E-state index contributed by atoms with van der Waals surface area (Å²) < 4.78 is 0. The van der Waals surface area contributed by atoms with Crippen molar-refractivity contribution >= 4 is 24.0 Å². The molecule has 0 unspecified atom stereocenters. The number of fused-ring (bicyclic) bond motifs is 4. The Hall–Kier alpha value is -4.08. The number of hydrogen-bond acceptors (Lipinski definition) is 2. The van der Waals surface area contributed by atoms with E-state index in [1.807, 2.05) is 12.1 Å². The Labute approximate surface area is 225 Å². The van der Waals surface area contributed by atoms with Crippen molar-refractivity contribution in [2.75, 3.05) is 0 Å². The number of benzene rings is 4. The molecular formula is C35H30N2Si. The predicted molar refractivity (Wildman–Crippen MR) is 162 cm³/mol. The maximum absolute atomic E-state index is 5.11. The fraction of sp³-hybridized carbons (Fsp3) is 0.143. The Morgan fingerprint density at radius 3 is 1.79 bits per heavy atom. The molecule has 0 saturated heterocycles. The fourth-order valence-corrected chi connectivity index (χ4v) is 10.2. The first kappa shape index (κ1) is 23.1. The minimum Gasteiger partial charge on any atom is -0.228 e. The fourth-order valence-electron chi connectivity index (χ4n) is 6.61. The van der Waals surface area contributed by atoms with Crippen LogP contribution in [-0.4, -0.2) is 18.0 Å². The molecule has 184 valence electrons. The number of rotatable bonds is 3. The number of nitrogens with zero attached hydrogens (tertiary/aromatic N) is 2. The Morgan fingerprint density at radius 1 is 0.579 bits per heavy atom. The van der Waals surface area contributed by atoms with E-state index >= 15 is 0 Å². The van der Waals surface area contributed by atoms with E-state index in [1.54, 1.807) is 10.4 Å². The first-order chi connectivity index (χ1) is 18.4. The second kappa shape index (κ2) is 8.21. The van der Waals surface area contributed by atoms with Gasteiger partial charge >= 0.3 is 0 Å². The number of allylic oxidation sites excluding steroid dienone is 1. The van der Waals surface area contributed by atoms with Gasteiger partial charge in [-0.25, -0.2) is 9.97 Å². The molecule has 1 aromatic heterocycles. The third-order valence-electron chi connectivity index (χ3n) is 8.46. The van der Waals surface area contributed by atoms with Gasteiger partial charge in [0.15, 0.2) is 5.82 Å². The summed E-state index contributed by atoms with van der Waals surface area (Å²) in [7, 11) is -1.84. The van der Waals surface area contributed by atoms with Crippen molar-refractivity contribution < 1.29 is 0 Å². The Bertz CT molecular complexity index is 1690. The van der Waals surface area contributed by atoms with Gasteiger partial charge in [-0.1, -0.05) is 124 Å². The van der Waals surface area contributed by atoms with Crippen molar-refractivity contribution in [1.29, 1.82) is 0 Å². The number of aromatic nitrogens is 2. The van der Waals surface area contributed by atoms with E-state index < -0.39 is 8.07 Å². The molecule has 7 rings (SSSR count). The van der Waals surface area contributed by atoms with Gasteiger partial charge < -0.3 is 0 Å². The van der Waals surface area contributed by atoms with Crippen molar-refractivity contribution in [2.24, 2.45) is 0 Å². The second-order valence-corrected chi connectivity index (χ2v) is 15.8. The van der Waals surface area contributed by atoms with Crippen LogP contribution in [0, 0.1) is 0 Å². The smallest absolute Gasteiger partial charge is 0.160 e. The van der Waals surface area contributed by atoms with Gasteiger partial charge in [0.1, 0.15) is 8.07 Å². The van der Waals surface area contributed by atoms with Gasteiger partial charge in [-0.15, -0.1) is 0 Å². The van der Waals surface area contributed by atoms with Crippen LogP contribution in [0.1, 0.15) is 30.5 Å². The van der Waals surface area contributed by atoms with Gasteiger partial charge in [-0.2, -0.15) is 0 Å². The van der Waals surface area contributed by atoms with E-state index in [4.69, 9.17) is 9.97 Å². The molecule has 0 N–H and O–H groups in total. The summed E-state index contributed by atoms with van der Waals surface area (Å²) in [5, 5.41) is 3.14. The molecule has 0 atom stereocenters. The van der Waals surface area contributed by atoms with Crippen molar-refractivity contribution in [2.45, 2.75) is 32.4 Å². The zero-order valence-electron chi connectivity index (χ0n) is 22.3. The van der Waals surface area contributed by atoms with E-state index in [-0.39, 0.29) is 5.41 Å². The Morgan fingerprint density at radius 2 is 1.16 bits per heavy atom. The average molecular weight is 507 g/mol. The molecular weight excluding hydrogens is 476 g/mol. The molecule has 1 aliphatic heterocycles. The normalized spacial score (nSPS) is 16.2. The van der Waals surface area contributed by atoms with Gasteiger partial charge in [0.05, 0.1) is 11.4 Å². The first-order valence-corrected chi connectivity index (χ1v) is 16.4. The summed E-state index contributed by atoms with van der Waals surface area (Å²) in [5.74, 6) is 0.773. The Balaban J connectivity index is 1.43. The summed E-state index contributed by atoms with van der Waals surface area (Å²) in [5.41, 5.74) is 10.9. The maximum atomic E-state index is 5.11. The third-order valence-corrected chi connectivity index (χ3v) is 12.0. The summed E-state index contributed by atoms with van der Waals surface area (Å²) in [6, 6.07) is 38.9. The first-order valence-electron chi connectivity index (χ1n) is 13.4. The highest BCUT2D eigenvalue weighted by atomic mass is 28.3. The van der Waals surface area contributed by atoms with E-state index in [2.05, 4.69) is 124 Å². The van der Waals surface area contributed by atoms with Gasteiger partial charge in [-0.3, -0.25) is 0 Å². The third kappa shape index (κ3) is 3.32. The molecule has 0 radical (unpaired) electrons. The van der Waals surface area contributed by atoms with Crippen molar-refractivity contribution in [3.05, 3.63) is 126 Å². The standard InChI is InChI=1S/C35H30N2Si/c1-35(2)28-20-19-25(21-27(28)33-32(35)26-17-11-12-18-31(26)38(33,3)4)34-36-29(23-13-7-5-8-14-23)22-30(37-34)24-15-9-6-10-16-24/h5-22H,1-4H3. The monoisotopic (exact) mass is 506 g/mol. The topological polar surface area (TPSA) is 25.8 Å². The van der Waals surface area contributed by atoms with Crippen LogP contribution in [0.25, 0.3) is 44.7 Å². The zero-order chi connectivity index (χ0) is 26.1. The van der Waals surface area contributed by atoms with Crippen LogP contribution in [0.2, 0.25) is 13.1 Å². The van der Waals surface area contributed by atoms with Gasteiger partial charge in [-0.05, 0) is 44.8 Å². The molecule has 4 aromatic carbocycles. The van der Waals surface area contributed by atoms with Crippen molar-refractivity contribution in [3.8, 4) is 33.9 Å². The van der Waals surface area contributed by atoms with E-state index in [0.29, 0.717) is 0 Å². The lowest BCUT2D eigenvalue weighted by Crippen LogP contribution is -2.41. The van der Waals surface area contributed by atoms with E-state index in [9.17, 15) is 0 Å². The van der Waals surface area contributed by atoms with Crippen LogP contribution in [0.4, 0.5) is 0 Å². The lowest BCUT2D eigenvalue weighted by molar-refractivity contribution is 0.704. The lowest BCUT2D eigenvalue weighted by Gasteiger charge is -2.27. The molecule has 3 heteroatoms. The van der Waals surface area contributed by atoms with Crippen LogP contribution >= 0.6 is 0 Å². The van der Waals surface area contributed by atoms with E-state index in [0.717, 1.165) is 33.9 Å².